The van der Waals surface area contributed by atoms with Gasteiger partial charge in [0.1, 0.15) is 0 Å². The summed E-state index contributed by atoms with van der Waals surface area (Å²) in [6, 6.07) is 0.127. The van der Waals surface area contributed by atoms with Gasteiger partial charge in [0.15, 0.2) is 0 Å². The molecule has 0 amide bonds. The van der Waals surface area contributed by atoms with Gasteiger partial charge in [-0.25, -0.2) is 0 Å². The molecule has 0 saturated carbocycles. The molecule has 0 fully saturated rings. The quantitative estimate of drug-likeness (QED) is 0.418. The molecule has 0 aliphatic carbocycles. The zero-order valence-corrected chi connectivity index (χ0v) is 20.6. The van der Waals surface area contributed by atoms with Crippen LogP contribution >= 0.6 is 0 Å². The fourth-order valence-corrected chi connectivity index (χ4v) is 3.40. The molecule has 0 radical (unpaired) electrons. The molecule has 0 bridgehead atoms. The van der Waals surface area contributed by atoms with Crippen molar-refractivity contribution >= 4 is 0 Å². The van der Waals surface area contributed by atoms with Gasteiger partial charge in [0.2, 0.25) is 0 Å². The van der Waals surface area contributed by atoms with E-state index in [1.807, 2.05) is 20.8 Å². The van der Waals surface area contributed by atoms with Crippen LogP contribution in [0.5, 0.6) is 0 Å². The van der Waals surface area contributed by atoms with E-state index in [0.717, 1.165) is 12.8 Å². The Hall–Kier alpha value is -0.200. The van der Waals surface area contributed by atoms with Crippen LogP contribution in [0.15, 0.2) is 0 Å². The SMILES string of the molecule is CC(N)CC(C)(C)OC(C)CC(C)(C)C(C)(C)OCCOCC(C)C(C)(C)N. The first-order valence-electron chi connectivity index (χ1n) is 10.8. The van der Waals surface area contributed by atoms with Crippen molar-refractivity contribution in [3.05, 3.63) is 0 Å². The van der Waals surface area contributed by atoms with Gasteiger partial charge in [-0.15, -0.1) is 0 Å². The number of hydrogen-bond donors (Lipinski definition) is 2. The standard InChI is InChI=1S/C23H50N2O3/c1-17(22(8,9)25)16-26-12-13-27-23(10,11)20(4,5)15-19(3)28-21(6,7)14-18(2)24/h17-19H,12-16,24-25H2,1-11H3. The minimum absolute atomic E-state index is 0.0522. The van der Waals surface area contributed by atoms with Crippen molar-refractivity contribution in [2.24, 2.45) is 22.8 Å². The Morgan fingerprint density at radius 3 is 1.82 bits per heavy atom. The molecule has 3 atom stereocenters. The van der Waals surface area contributed by atoms with Crippen molar-refractivity contribution in [1.82, 2.24) is 0 Å². The monoisotopic (exact) mass is 402 g/mol. The lowest BCUT2D eigenvalue weighted by Crippen LogP contribution is -2.45. The molecule has 0 aromatic rings. The van der Waals surface area contributed by atoms with E-state index >= 15 is 0 Å². The van der Waals surface area contributed by atoms with Crippen LogP contribution in [0.1, 0.15) is 89.0 Å². The summed E-state index contributed by atoms with van der Waals surface area (Å²) in [7, 11) is 0. The normalized spacial score (nSPS) is 17.5. The summed E-state index contributed by atoms with van der Waals surface area (Å²) in [6.07, 6.45) is 1.87. The molecule has 0 spiro atoms. The van der Waals surface area contributed by atoms with E-state index in [0.29, 0.717) is 25.7 Å². The van der Waals surface area contributed by atoms with Crippen molar-refractivity contribution in [2.45, 2.75) is 118 Å². The van der Waals surface area contributed by atoms with Gasteiger partial charge in [-0.05, 0) is 79.6 Å². The molecule has 0 heterocycles. The molecule has 0 saturated heterocycles. The minimum atomic E-state index is -0.294. The molecule has 28 heavy (non-hydrogen) atoms. The van der Waals surface area contributed by atoms with Crippen molar-refractivity contribution < 1.29 is 14.2 Å². The second kappa shape index (κ2) is 10.7. The van der Waals surface area contributed by atoms with Crippen LogP contribution < -0.4 is 11.5 Å². The van der Waals surface area contributed by atoms with Gasteiger partial charge >= 0.3 is 0 Å². The average molecular weight is 403 g/mol. The number of ether oxygens (including phenoxy) is 3. The summed E-state index contributed by atoms with van der Waals surface area (Å²) >= 11 is 0. The maximum Gasteiger partial charge on any atom is 0.0708 e. The Kier molecular flexibility index (Phi) is 10.6. The van der Waals surface area contributed by atoms with Gasteiger partial charge in [-0.2, -0.15) is 0 Å². The summed E-state index contributed by atoms with van der Waals surface area (Å²) in [6.45, 7) is 25.1. The molecule has 0 aromatic heterocycles. The Labute approximate surface area is 175 Å². The Morgan fingerprint density at radius 2 is 1.36 bits per heavy atom. The van der Waals surface area contributed by atoms with E-state index in [9.17, 15) is 0 Å². The van der Waals surface area contributed by atoms with Gasteiger partial charge in [0.25, 0.3) is 0 Å². The molecule has 5 heteroatoms. The number of hydrogen-bond acceptors (Lipinski definition) is 5. The molecular formula is C23H50N2O3. The molecule has 5 nitrogen and oxygen atoms in total. The third kappa shape index (κ3) is 10.5. The summed E-state index contributed by atoms with van der Waals surface area (Å²) in [5.41, 5.74) is 11.3. The second-order valence-electron chi connectivity index (χ2n) is 11.1. The predicted molar refractivity (Wildman–Crippen MR) is 120 cm³/mol. The zero-order chi connectivity index (χ0) is 22.4. The van der Waals surface area contributed by atoms with Crippen LogP contribution in [-0.2, 0) is 14.2 Å². The highest BCUT2D eigenvalue weighted by molar-refractivity contribution is 4.90. The van der Waals surface area contributed by atoms with Gasteiger partial charge in [-0.3, -0.25) is 0 Å². The van der Waals surface area contributed by atoms with Crippen molar-refractivity contribution in [3.63, 3.8) is 0 Å². The highest BCUT2D eigenvalue weighted by atomic mass is 16.5. The first-order valence-corrected chi connectivity index (χ1v) is 10.8. The van der Waals surface area contributed by atoms with Crippen LogP contribution in [0, 0.1) is 11.3 Å². The molecule has 0 aliphatic heterocycles. The van der Waals surface area contributed by atoms with Crippen molar-refractivity contribution in [1.29, 1.82) is 0 Å². The lowest BCUT2D eigenvalue weighted by atomic mass is 9.73. The molecule has 170 valence electrons. The van der Waals surface area contributed by atoms with Crippen molar-refractivity contribution in [3.8, 4) is 0 Å². The summed E-state index contributed by atoms with van der Waals surface area (Å²) in [4.78, 5) is 0. The van der Waals surface area contributed by atoms with E-state index in [4.69, 9.17) is 25.7 Å². The third-order valence-corrected chi connectivity index (χ3v) is 6.09. The minimum Gasteiger partial charge on any atom is -0.379 e. The topological polar surface area (TPSA) is 79.7 Å². The molecule has 4 N–H and O–H groups in total. The maximum atomic E-state index is 6.31. The summed E-state index contributed by atoms with van der Waals surface area (Å²) < 4.78 is 18.3. The van der Waals surface area contributed by atoms with Crippen LogP contribution in [-0.4, -0.2) is 48.7 Å². The predicted octanol–water partition coefficient (Wildman–Crippen LogP) is 4.51. The first-order chi connectivity index (χ1) is 12.4. The van der Waals surface area contributed by atoms with Gasteiger partial charge < -0.3 is 25.7 Å². The highest BCUT2D eigenvalue weighted by Gasteiger charge is 2.40. The van der Waals surface area contributed by atoms with Crippen molar-refractivity contribution in [2.75, 3.05) is 19.8 Å². The number of nitrogens with two attached hydrogens (primary N) is 2. The largest absolute Gasteiger partial charge is 0.379 e. The Morgan fingerprint density at radius 1 is 0.821 bits per heavy atom. The van der Waals surface area contributed by atoms with E-state index in [1.165, 1.54) is 0 Å². The summed E-state index contributed by atoms with van der Waals surface area (Å²) in [5.74, 6) is 0.301. The van der Waals surface area contributed by atoms with Gasteiger partial charge in [0, 0.05) is 11.6 Å². The zero-order valence-electron chi connectivity index (χ0n) is 20.6. The van der Waals surface area contributed by atoms with Crippen LogP contribution in [0.4, 0.5) is 0 Å². The number of rotatable bonds is 14. The highest BCUT2D eigenvalue weighted by Crippen LogP contribution is 2.39. The van der Waals surface area contributed by atoms with E-state index in [1.54, 1.807) is 0 Å². The van der Waals surface area contributed by atoms with E-state index in [-0.39, 0.29) is 34.3 Å². The van der Waals surface area contributed by atoms with E-state index < -0.39 is 0 Å². The first kappa shape index (κ1) is 27.8. The fourth-order valence-electron chi connectivity index (χ4n) is 3.40. The molecule has 0 rings (SSSR count). The van der Waals surface area contributed by atoms with Gasteiger partial charge in [-0.1, -0.05) is 20.8 Å². The molecule has 3 unspecified atom stereocenters. The lowest BCUT2D eigenvalue weighted by Gasteiger charge is -2.44. The lowest BCUT2D eigenvalue weighted by molar-refractivity contribution is -0.143. The second-order valence-corrected chi connectivity index (χ2v) is 11.1. The van der Waals surface area contributed by atoms with Crippen LogP contribution in [0.3, 0.4) is 0 Å². The van der Waals surface area contributed by atoms with Gasteiger partial charge in [0.05, 0.1) is 37.1 Å². The maximum absolute atomic E-state index is 6.31. The summed E-state index contributed by atoms with van der Waals surface area (Å²) in [5, 5.41) is 0. The Bertz CT molecular complexity index is 440. The average Bonchev–Trinajstić information content (AvgIpc) is 2.42. The Balaban J connectivity index is 4.50. The fraction of sp³-hybridized carbons (Fsp3) is 1.00. The van der Waals surface area contributed by atoms with E-state index in [2.05, 4.69) is 55.4 Å². The molecule has 0 aromatic carbocycles. The molecular weight excluding hydrogens is 352 g/mol. The third-order valence-electron chi connectivity index (χ3n) is 6.09. The van der Waals surface area contributed by atoms with Crippen LogP contribution in [0.2, 0.25) is 0 Å². The van der Waals surface area contributed by atoms with Crippen LogP contribution in [0.25, 0.3) is 0 Å². The molecule has 0 aliphatic rings. The smallest absolute Gasteiger partial charge is 0.0708 e.